The molecular weight excluding hydrogens is 251 g/mol. The summed E-state index contributed by atoms with van der Waals surface area (Å²) in [6, 6.07) is 0. The highest BCUT2D eigenvalue weighted by molar-refractivity contribution is 5.78. The van der Waals surface area contributed by atoms with Gasteiger partial charge in [-0.2, -0.15) is 13.2 Å². The van der Waals surface area contributed by atoms with Crippen molar-refractivity contribution in [2.24, 2.45) is 0 Å². The molecule has 0 bridgehead atoms. The van der Waals surface area contributed by atoms with Crippen molar-refractivity contribution in [1.29, 1.82) is 0 Å². The summed E-state index contributed by atoms with van der Waals surface area (Å²) in [5, 5.41) is 4.97. The number of amides is 1. The summed E-state index contributed by atoms with van der Waals surface area (Å²) in [6.45, 7) is 1.24. The molecule has 0 spiro atoms. The van der Waals surface area contributed by atoms with Gasteiger partial charge >= 0.3 is 6.18 Å². The summed E-state index contributed by atoms with van der Waals surface area (Å²) in [7, 11) is 1.67. The molecule has 0 saturated carbocycles. The monoisotopic (exact) mass is 269 g/mol. The van der Waals surface area contributed by atoms with Crippen LogP contribution in [0, 0.1) is 0 Å². The number of halogens is 3. The van der Waals surface area contributed by atoms with Gasteiger partial charge in [-0.15, -0.1) is 0 Å². The molecule has 1 fully saturated rings. The number of carbonyl (C=O) groups is 1. The lowest BCUT2D eigenvalue weighted by Gasteiger charge is -2.27. The Balaban J connectivity index is 2.18. The molecule has 5 nitrogen and oxygen atoms in total. The minimum absolute atomic E-state index is 0.0285. The molecule has 1 amide bonds. The van der Waals surface area contributed by atoms with E-state index in [0.29, 0.717) is 19.7 Å². The first-order valence-corrected chi connectivity index (χ1v) is 5.71. The number of nitrogens with one attached hydrogen (secondary N) is 2. The zero-order valence-corrected chi connectivity index (χ0v) is 10.2. The number of carbonyl (C=O) groups excluding carboxylic acids is 1. The Kier molecular flexibility index (Phi) is 5.83. The largest absolute Gasteiger partial charge is 0.405 e. The Morgan fingerprint density at radius 3 is 2.83 bits per heavy atom. The normalized spacial score (nSPS) is 21.1. The molecule has 106 valence electrons. The van der Waals surface area contributed by atoms with E-state index >= 15 is 0 Å². The molecule has 1 aliphatic rings. The fourth-order valence-corrected chi connectivity index (χ4v) is 1.65. The summed E-state index contributed by atoms with van der Waals surface area (Å²) in [6.07, 6.45) is -4.40. The average molecular weight is 269 g/mol. The van der Waals surface area contributed by atoms with Gasteiger partial charge in [0.1, 0.15) is 6.54 Å². The Morgan fingerprint density at radius 1 is 1.56 bits per heavy atom. The highest BCUT2D eigenvalue weighted by atomic mass is 19.4. The molecule has 1 aliphatic heterocycles. The lowest BCUT2D eigenvalue weighted by Crippen LogP contribution is -2.47. The second kappa shape index (κ2) is 6.91. The molecule has 1 atom stereocenters. The maximum atomic E-state index is 11.9. The smallest absolute Gasteiger partial charge is 0.374 e. The highest BCUT2D eigenvalue weighted by Crippen LogP contribution is 2.11. The number of hydrogen-bond acceptors (Lipinski definition) is 4. The highest BCUT2D eigenvalue weighted by Gasteiger charge is 2.28. The van der Waals surface area contributed by atoms with E-state index in [9.17, 15) is 18.0 Å². The third-order valence-electron chi connectivity index (χ3n) is 2.42. The van der Waals surface area contributed by atoms with E-state index in [1.54, 1.807) is 11.9 Å². The van der Waals surface area contributed by atoms with Gasteiger partial charge in [-0.1, -0.05) is 0 Å². The van der Waals surface area contributed by atoms with Crippen molar-refractivity contribution >= 4 is 5.91 Å². The van der Waals surface area contributed by atoms with Gasteiger partial charge in [0.25, 0.3) is 0 Å². The van der Waals surface area contributed by atoms with Crippen LogP contribution in [0.2, 0.25) is 0 Å². The van der Waals surface area contributed by atoms with Crippen LogP contribution in [-0.2, 0) is 9.53 Å². The Hall–Kier alpha value is -0.860. The van der Waals surface area contributed by atoms with Crippen molar-refractivity contribution in [3.8, 4) is 0 Å². The zero-order valence-electron chi connectivity index (χ0n) is 10.2. The number of ether oxygens (including phenoxy) is 1. The van der Waals surface area contributed by atoms with E-state index in [1.807, 2.05) is 5.32 Å². The lowest BCUT2D eigenvalue weighted by molar-refractivity contribution is -0.139. The number of alkyl halides is 3. The van der Waals surface area contributed by atoms with Crippen LogP contribution in [0.25, 0.3) is 0 Å². The first kappa shape index (κ1) is 15.2. The minimum atomic E-state index is -4.37. The van der Waals surface area contributed by atoms with Gasteiger partial charge in [0.05, 0.1) is 19.3 Å². The molecule has 1 unspecified atom stereocenters. The van der Waals surface area contributed by atoms with E-state index in [2.05, 4.69) is 5.32 Å². The lowest BCUT2D eigenvalue weighted by atomic mass is 10.3. The van der Waals surface area contributed by atoms with Gasteiger partial charge < -0.3 is 15.4 Å². The van der Waals surface area contributed by atoms with Crippen molar-refractivity contribution in [2.75, 3.05) is 46.4 Å². The van der Waals surface area contributed by atoms with E-state index < -0.39 is 18.6 Å². The zero-order chi connectivity index (χ0) is 13.6. The van der Waals surface area contributed by atoms with Gasteiger partial charge in [-0.3, -0.25) is 9.69 Å². The predicted octanol–water partition coefficient (Wildman–Crippen LogP) is -0.415. The van der Waals surface area contributed by atoms with Crippen LogP contribution in [0.3, 0.4) is 0 Å². The topological polar surface area (TPSA) is 53.6 Å². The standard InChI is InChI=1S/C10H18F3N3O2/c1-16(5-8-4-14-2-3-18-8)6-9(17)15-7-10(11,12)13/h8,14H,2-7H2,1H3,(H,15,17). The van der Waals surface area contributed by atoms with E-state index in [1.165, 1.54) is 0 Å². The molecule has 18 heavy (non-hydrogen) atoms. The first-order chi connectivity index (χ1) is 8.37. The number of rotatable bonds is 5. The van der Waals surface area contributed by atoms with Crippen LogP contribution in [0.4, 0.5) is 13.2 Å². The van der Waals surface area contributed by atoms with Crippen molar-refractivity contribution in [3.05, 3.63) is 0 Å². The third-order valence-corrected chi connectivity index (χ3v) is 2.42. The summed E-state index contributed by atoms with van der Waals surface area (Å²) >= 11 is 0. The predicted molar refractivity (Wildman–Crippen MR) is 59.2 cm³/mol. The van der Waals surface area contributed by atoms with Crippen molar-refractivity contribution < 1.29 is 22.7 Å². The maximum absolute atomic E-state index is 11.9. The van der Waals surface area contributed by atoms with E-state index in [0.717, 1.165) is 6.54 Å². The van der Waals surface area contributed by atoms with Crippen LogP contribution in [0.1, 0.15) is 0 Å². The molecule has 1 heterocycles. The van der Waals surface area contributed by atoms with Crippen LogP contribution in [0.15, 0.2) is 0 Å². The molecule has 1 rings (SSSR count). The van der Waals surface area contributed by atoms with Gasteiger partial charge in [-0.25, -0.2) is 0 Å². The second-order valence-electron chi connectivity index (χ2n) is 4.29. The molecular formula is C10H18F3N3O2. The number of hydrogen-bond donors (Lipinski definition) is 2. The first-order valence-electron chi connectivity index (χ1n) is 5.71. The Bertz CT molecular complexity index is 268. The number of morpholine rings is 1. The second-order valence-corrected chi connectivity index (χ2v) is 4.29. The Morgan fingerprint density at radius 2 is 2.28 bits per heavy atom. The maximum Gasteiger partial charge on any atom is 0.405 e. The van der Waals surface area contributed by atoms with Gasteiger partial charge in [0.15, 0.2) is 0 Å². The summed E-state index contributed by atoms with van der Waals surface area (Å²) in [5.74, 6) is -0.640. The van der Waals surface area contributed by atoms with Crippen molar-refractivity contribution in [1.82, 2.24) is 15.5 Å². The number of nitrogens with zero attached hydrogens (tertiary/aromatic N) is 1. The molecule has 0 radical (unpaired) electrons. The van der Waals surface area contributed by atoms with Crippen molar-refractivity contribution in [2.45, 2.75) is 12.3 Å². The number of likely N-dealkylation sites (N-methyl/N-ethyl adjacent to an activating group) is 1. The van der Waals surface area contributed by atoms with Crippen LogP contribution < -0.4 is 10.6 Å². The summed E-state index contributed by atoms with van der Waals surface area (Å²) in [4.78, 5) is 12.9. The minimum Gasteiger partial charge on any atom is -0.374 e. The molecule has 1 saturated heterocycles. The molecule has 0 aromatic rings. The van der Waals surface area contributed by atoms with E-state index in [4.69, 9.17) is 4.74 Å². The average Bonchev–Trinajstić information content (AvgIpc) is 2.26. The molecule has 2 N–H and O–H groups in total. The van der Waals surface area contributed by atoms with E-state index in [-0.39, 0.29) is 12.6 Å². The SMILES string of the molecule is CN(CC(=O)NCC(F)(F)F)CC1CNCCO1. The quantitative estimate of drug-likeness (QED) is 0.712. The molecule has 0 aliphatic carbocycles. The van der Waals surface area contributed by atoms with Crippen LogP contribution in [-0.4, -0.2) is 69.5 Å². The Labute approximate surface area is 104 Å². The summed E-state index contributed by atoms with van der Waals surface area (Å²) < 4.78 is 41.0. The van der Waals surface area contributed by atoms with Gasteiger partial charge in [0.2, 0.25) is 5.91 Å². The summed E-state index contributed by atoms with van der Waals surface area (Å²) in [5.41, 5.74) is 0. The fraction of sp³-hybridized carbons (Fsp3) is 0.900. The molecule has 0 aromatic heterocycles. The molecule has 0 aromatic carbocycles. The fourth-order valence-electron chi connectivity index (χ4n) is 1.65. The van der Waals surface area contributed by atoms with Crippen LogP contribution in [0.5, 0.6) is 0 Å². The van der Waals surface area contributed by atoms with Gasteiger partial charge in [0, 0.05) is 19.6 Å². The van der Waals surface area contributed by atoms with Crippen LogP contribution >= 0.6 is 0 Å². The third kappa shape index (κ3) is 6.77. The van der Waals surface area contributed by atoms with Crippen molar-refractivity contribution in [3.63, 3.8) is 0 Å². The van der Waals surface area contributed by atoms with Gasteiger partial charge in [-0.05, 0) is 7.05 Å². The molecule has 8 heteroatoms.